The van der Waals surface area contributed by atoms with Crippen molar-refractivity contribution in [2.24, 2.45) is 5.92 Å². The molecule has 7 heteroatoms. The number of nitrogens with zero attached hydrogens (tertiary/aromatic N) is 2. The molecule has 0 bridgehead atoms. The summed E-state index contributed by atoms with van der Waals surface area (Å²) < 4.78 is 24.9. The molecule has 0 radical (unpaired) electrons. The van der Waals surface area contributed by atoms with Gasteiger partial charge in [-0.25, -0.2) is 4.39 Å². The monoisotopic (exact) mass is 492 g/mol. The Balaban J connectivity index is 1.45. The van der Waals surface area contributed by atoms with Gasteiger partial charge in [0.25, 0.3) is 5.91 Å². The van der Waals surface area contributed by atoms with Gasteiger partial charge in [-0.3, -0.25) is 14.5 Å². The van der Waals surface area contributed by atoms with Crippen molar-refractivity contribution in [2.75, 3.05) is 19.7 Å². The molecule has 1 aliphatic heterocycles. The van der Waals surface area contributed by atoms with E-state index in [9.17, 15) is 14.0 Å². The molecule has 1 fully saturated rings. The van der Waals surface area contributed by atoms with E-state index >= 15 is 0 Å². The lowest BCUT2D eigenvalue weighted by atomic mass is 9.98. The third-order valence-corrected chi connectivity index (χ3v) is 6.40. The van der Waals surface area contributed by atoms with E-state index in [2.05, 4.69) is 29.2 Å². The largest absolute Gasteiger partial charge is 0.466 e. The van der Waals surface area contributed by atoms with Crippen molar-refractivity contribution in [3.63, 3.8) is 0 Å². The molecule has 1 saturated heterocycles. The van der Waals surface area contributed by atoms with E-state index in [1.54, 1.807) is 24.0 Å². The van der Waals surface area contributed by atoms with Crippen LogP contribution in [0.1, 0.15) is 52.8 Å². The van der Waals surface area contributed by atoms with Gasteiger partial charge < -0.3 is 14.1 Å². The number of likely N-dealkylation sites (tertiary alicyclic amines) is 1. The summed E-state index contributed by atoms with van der Waals surface area (Å²) in [4.78, 5) is 29.1. The van der Waals surface area contributed by atoms with Crippen LogP contribution in [0.15, 0.2) is 65.1 Å². The number of amides is 1. The molecule has 0 N–H and O–H groups in total. The standard InChI is InChI=1S/C29H33FN2O4/c1-3-35-29(34)24-7-5-15-32(19-24)28(33)27-14-13-26(36-27)20-31(17-22-11-9-21(2)10-12-22)18-23-6-4-8-25(30)16-23/h4,6,8-14,16,24H,3,5,7,15,17-20H2,1-2H3. The lowest BCUT2D eigenvalue weighted by molar-refractivity contribution is -0.149. The molecule has 1 aromatic heterocycles. The van der Waals surface area contributed by atoms with Gasteiger partial charge in [0.2, 0.25) is 0 Å². The first-order chi connectivity index (χ1) is 17.4. The van der Waals surface area contributed by atoms with Crippen molar-refractivity contribution in [3.05, 3.63) is 94.7 Å². The molecule has 6 nitrogen and oxygen atoms in total. The zero-order valence-corrected chi connectivity index (χ0v) is 20.9. The van der Waals surface area contributed by atoms with Crippen molar-refractivity contribution in [1.29, 1.82) is 0 Å². The van der Waals surface area contributed by atoms with Gasteiger partial charge in [-0.05, 0) is 62.1 Å². The number of carbonyl (C=O) groups excluding carboxylic acids is 2. The highest BCUT2D eigenvalue weighted by atomic mass is 19.1. The highest BCUT2D eigenvalue weighted by Crippen LogP contribution is 2.22. The minimum Gasteiger partial charge on any atom is -0.466 e. The van der Waals surface area contributed by atoms with E-state index in [1.165, 1.54) is 17.7 Å². The second-order valence-electron chi connectivity index (χ2n) is 9.37. The van der Waals surface area contributed by atoms with Crippen LogP contribution in [0, 0.1) is 18.7 Å². The molecular weight excluding hydrogens is 459 g/mol. The number of aryl methyl sites for hydroxylation is 1. The van der Waals surface area contributed by atoms with Crippen LogP contribution in [0.3, 0.4) is 0 Å². The fourth-order valence-corrected chi connectivity index (χ4v) is 4.58. The first-order valence-electron chi connectivity index (χ1n) is 12.5. The van der Waals surface area contributed by atoms with Crippen LogP contribution in [-0.4, -0.2) is 41.4 Å². The van der Waals surface area contributed by atoms with E-state index in [4.69, 9.17) is 9.15 Å². The molecule has 0 spiro atoms. The van der Waals surface area contributed by atoms with Gasteiger partial charge >= 0.3 is 5.97 Å². The first-order valence-corrected chi connectivity index (χ1v) is 12.5. The fourth-order valence-electron chi connectivity index (χ4n) is 4.58. The average Bonchev–Trinajstić information content (AvgIpc) is 3.33. The zero-order valence-electron chi connectivity index (χ0n) is 20.9. The SMILES string of the molecule is CCOC(=O)C1CCCN(C(=O)c2ccc(CN(Cc3ccc(C)cc3)Cc3cccc(F)c3)o2)C1. The molecular formula is C29H33FN2O4. The Morgan fingerprint density at radius 2 is 1.83 bits per heavy atom. The van der Waals surface area contributed by atoms with E-state index in [1.807, 2.05) is 19.1 Å². The summed E-state index contributed by atoms with van der Waals surface area (Å²) in [7, 11) is 0. The summed E-state index contributed by atoms with van der Waals surface area (Å²) in [6.07, 6.45) is 1.47. The predicted molar refractivity (Wildman–Crippen MR) is 134 cm³/mol. The first kappa shape index (κ1) is 25.6. The number of piperidine rings is 1. The Labute approximate surface area is 211 Å². The number of esters is 1. The van der Waals surface area contributed by atoms with E-state index in [0.717, 1.165) is 24.0 Å². The lowest BCUT2D eigenvalue weighted by Crippen LogP contribution is -2.42. The number of carbonyl (C=O) groups is 2. The summed E-state index contributed by atoms with van der Waals surface area (Å²) in [6.45, 7) is 6.73. The van der Waals surface area contributed by atoms with Crippen LogP contribution in [-0.2, 0) is 29.2 Å². The third kappa shape index (κ3) is 6.82. The van der Waals surface area contributed by atoms with Crippen LogP contribution in [0.5, 0.6) is 0 Å². The highest BCUT2D eigenvalue weighted by Gasteiger charge is 2.31. The number of benzene rings is 2. The molecule has 36 heavy (non-hydrogen) atoms. The van der Waals surface area contributed by atoms with Gasteiger partial charge in [0.15, 0.2) is 5.76 Å². The Kier molecular flexibility index (Phi) is 8.54. The van der Waals surface area contributed by atoms with Crippen molar-refractivity contribution < 1.29 is 23.1 Å². The number of ether oxygens (including phenoxy) is 1. The Morgan fingerprint density at radius 3 is 2.58 bits per heavy atom. The van der Waals surface area contributed by atoms with Gasteiger partial charge in [0.1, 0.15) is 11.6 Å². The Morgan fingerprint density at radius 1 is 1.06 bits per heavy atom. The molecule has 1 atom stereocenters. The molecule has 1 amide bonds. The summed E-state index contributed by atoms with van der Waals surface area (Å²) in [5.41, 5.74) is 3.19. The van der Waals surface area contributed by atoms with Crippen molar-refractivity contribution in [3.8, 4) is 0 Å². The maximum atomic E-state index is 13.8. The van der Waals surface area contributed by atoms with E-state index < -0.39 is 0 Å². The Bertz CT molecular complexity index is 1170. The normalized spacial score (nSPS) is 15.8. The van der Waals surface area contributed by atoms with Crippen molar-refractivity contribution >= 4 is 11.9 Å². The highest BCUT2D eigenvalue weighted by molar-refractivity contribution is 5.92. The van der Waals surface area contributed by atoms with Crippen LogP contribution in [0.2, 0.25) is 0 Å². The molecule has 3 aromatic rings. The van der Waals surface area contributed by atoms with Gasteiger partial charge in [-0.2, -0.15) is 0 Å². The molecule has 190 valence electrons. The fraction of sp³-hybridized carbons (Fsp3) is 0.379. The zero-order chi connectivity index (χ0) is 25.5. The summed E-state index contributed by atoms with van der Waals surface area (Å²) in [6, 6.07) is 18.4. The molecule has 4 rings (SSSR count). The molecule has 0 saturated carbocycles. The maximum absolute atomic E-state index is 13.8. The smallest absolute Gasteiger partial charge is 0.310 e. The predicted octanol–water partition coefficient (Wildman–Crippen LogP) is 5.34. The van der Waals surface area contributed by atoms with Crippen LogP contribution in [0.25, 0.3) is 0 Å². The quantitative estimate of drug-likeness (QED) is 0.377. The van der Waals surface area contributed by atoms with E-state index in [0.29, 0.717) is 45.1 Å². The summed E-state index contributed by atoms with van der Waals surface area (Å²) in [5, 5.41) is 0. The van der Waals surface area contributed by atoms with Gasteiger partial charge in [-0.15, -0.1) is 0 Å². The Hall–Kier alpha value is -3.45. The average molecular weight is 493 g/mol. The van der Waals surface area contributed by atoms with Gasteiger partial charge in [0.05, 0.1) is 19.1 Å². The minimum absolute atomic E-state index is 0.217. The van der Waals surface area contributed by atoms with Gasteiger partial charge in [0, 0.05) is 26.2 Å². The molecule has 1 unspecified atom stereocenters. The van der Waals surface area contributed by atoms with Crippen LogP contribution < -0.4 is 0 Å². The second-order valence-corrected chi connectivity index (χ2v) is 9.37. The number of hydrogen-bond donors (Lipinski definition) is 0. The second kappa shape index (κ2) is 12.0. The molecule has 2 aromatic carbocycles. The number of rotatable bonds is 9. The molecule has 2 heterocycles. The summed E-state index contributed by atoms with van der Waals surface area (Å²) >= 11 is 0. The third-order valence-electron chi connectivity index (χ3n) is 6.40. The van der Waals surface area contributed by atoms with Crippen LogP contribution >= 0.6 is 0 Å². The van der Waals surface area contributed by atoms with Crippen molar-refractivity contribution in [2.45, 2.75) is 46.3 Å². The molecule has 1 aliphatic rings. The summed E-state index contributed by atoms with van der Waals surface area (Å²) in [5.74, 6) is -0.120. The number of hydrogen-bond acceptors (Lipinski definition) is 5. The topological polar surface area (TPSA) is 63.0 Å². The minimum atomic E-state index is -0.298. The lowest BCUT2D eigenvalue weighted by Gasteiger charge is -2.30. The van der Waals surface area contributed by atoms with E-state index in [-0.39, 0.29) is 29.4 Å². The number of furan rings is 1. The molecule has 0 aliphatic carbocycles. The van der Waals surface area contributed by atoms with Crippen molar-refractivity contribution in [1.82, 2.24) is 9.80 Å². The number of halogens is 1. The van der Waals surface area contributed by atoms with Crippen LogP contribution in [0.4, 0.5) is 4.39 Å². The van der Waals surface area contributed by atoms with Gasteiger partial charge in [-0.1, -0.05) is 42.0 Å². The maximum Gasteiger partial charge on any atom is 0.310 e.